The van der Waals surface area contributed by atoms with E-state index in [1.165, 1.54) is 27.4 Å². The predicted molar refractivity (Wildman–Crippen MR) is 107 cm³/mol. The average Bonchev–Trinajstić information content (AvgIpc) is 3.11. The Morgan fingerprint density at radius 2 is 1.77 bits per heavy atom. The standard InChI is InChI=1S/C22H22O8/c1-11(7-18(24)25)13-8-14-19(22(26)29-4)20(30-21(14)17(10-13)28-3)12-5-6-15(23)16(9-12)27-2/h5-10,19-20,23H,1-4H3,(H,24,25)/b11-7+. The van der Waals surface area contributed by atoms with Gasteiger partial charge >= 0.3 is 11.9 Å². The molecular weight excluding hydrogens is 392 g/mol. The molecule has 1 aliphatic rings. The van der Waals surface area contributed by atoms with Crippen LogP contribution >= 0.6 is 0 Å². The summed E-state index contributed by atoms with van der Waals surface area (Å²) in [5, 5.41) is 19.0. The van der Waals surface area contributed by atoms with Gasteiger partial charge in [-0.1, -0.05) is 6.07 Å². The molecule has 3 rings (SSSR count). The van der Waals surface area contributed by atoms with Crippen LogP contribution in [-0.4, -0.2) is 43.5 Å². The summed E-state index contributed by atoms with van der Waals surface area (Å²) in [6, 6.07) is 8.03. The topological polar surface area (TPSA) is 112 Å². The molecule has 2 atom stereocenters. The number of benzene rings is 2. The molecule has 8 nitrogen and oxygen atoms in total. The van der Waals surface area contributed by atoms with Crippen molar-refractivity contribution < 1.29 is 38.7 Å². The zero-order chi connectivity index (χ0) is 22.0. The highest BCUT2D eigenvalue weighted by molar-refractivity contribution is 5.90. The van der Waals surface area contributed by atoms with Crippen LogP contribution in [0.25, 0.3) is 5.57 Å². The summed E-state index contributed by atoms with van der Waals surface area (Å²) in [6.45, 7) is 1.65. The van der Waals surface area contributed by atoms with Crippen LogP contribution < -0.4 is 14.2 Å². The zero-order valence-electron chi connectivity index (χ0n) is 17.0. The SMILES string of the molecule is COC(=O)C1c2cc(/C(C)=C/C(=O)O)cc(OC)c2OC1c1ccc(O)c(OC)c1. The van der Waals surface area contributed by atoms with Gasteiger partial charge in [0.05, 0.1) is 21.3 Å². The molecule has 0 bridgehead atoms. The van der Waals surface area contributed by atoms with Gasteiger partial charge in [0.2, 0.25) is 0 Å². The number of phenols is 1. The van der Waals surface area contributed by atoms with Crippen molar-refractivity contribution >= 4 is 17.5 Å². The predicted octanol–water partition coefficient (Wildman–Crippen LogP) is 3.29. The van der Waals surface area contributed by atoms with Crippen molar-refractivity contribution in [3.8, 4) is 23.0 Å². The number of carbonyl (C=O) groups is 2. The molecule has 2 aromatic rings. The van der Waals surface area contributed by atoms with Crippen LogP contribution in [0, 0.1) is 0 Å². The van der Waals surface area contributed by atoms with Gasteiger partial charge in [0.1, 0.15) is 12.0 Å². The summed E-state index contributed by atoms with van der Waals surface area (Å²) >= 11 is 0. The number of allylic oxidation sites excluding steroid dienone is 1. The third kappa shape index (κ3) is 3.76. The number of fused-ring (bicyclic) bond motifs is 1. The summed E-state index contributed by atoms with van der Waals surface area (Å²) in [6.07, 6.45) is 0.321. The van der Waals surface area contributed by atoms with Gasteiger partial charge in [-0.3, -0.25) is 4.79 Å². The lowest BCUT2D eigenvalue weighted by Crippen LogP contribution is -2.20. The number of hydrogen-bond donors (Lipinski definition) is 2. The van der Waals surface area contributed by atoms with Crippen LogP contribution in [0.4, 0.5) is 0 Å². The molecule has 0 saturated heterocycles. The molecule has 158 valence electrons. The van der Waals surface area contributed by atoms with Crippen LogP contribution in [0.2, 0.25) is 0 Å². The van der Waals surface area contributed by atoms with E-state index in [0.29, 0.717) is 33.8 Å². The summed E-state index contributed by atoms with van der Waals surface area (Å²) in [4.78, 5) is 23.8. The first-order valence-corrected chi connectivity index (χ1v) is 9.05. The number of rotatable bonds is 6. The maximum atomic E-state index is 12.7. The van der Waals surface area contributed by atoms with E-state index in [4.69, 9.17) is 24.1 Å². The van der Waals surface area contributed by atoms with Crippen molar-refractivity contribution in [3.63, 3.8) is 0 Å². The minimum atomic E-state index is -1.08. The van der Waals surface area contributed by atoms with Crippen molar-refractivity contribution in [1.82, 2.24) is 0 Å². The van der Waals surface area contributed by atoms with Gasteiger partial charge in [-0.2, -0.15) is 0 Å². The van der Waals surface area contributed by atoms with Crippen LogP contribution in [0.1, 0.15) is 35.6 Å². The highest BCUT2D eigenvalue weighted by Gasteiger charge is 2.43. The number of carbonyl (C=O) groups excluding carboxylic acids is 1. The monoisotopic (exact) mass is 414 g/mol. The molecule has 1 aliphatic heterocycles. The van der Waals surface area contributed by atoms with Crippen molar-refractivity contribution in [2.24, 2.45) is 0 Å². The van der Waals surface area contributed by atoms with Crippen molar-refractivity contribution in [2.75, 3.05) is 21.3 Å². The first-order valence-electron chi connectivity index (χ1n) is 9.05. The molecule has 2 unspecified atom stereocenters. The highest BCUT2D eigenvalue weighted by Crippen LogP contribution is 2.52. The molecule has 2 N–H and O–H groups in total. The molecule has 0 aliphatic carbocycles. The van der Waals surface area contributed by atoms with Gasteiger partial charge in [0.25, 0.3) is 0 Å². The van der Waals surface area contributed by atoms with E-state index in [0.717, 1.165) is 6.08 Å². The van der Waals surface area contributed by atoms with Gasteiger partial charge < -0.3 is 29.2 Å². The average molecular weight is 414 g/mol. The number of aliphatic carboxylic acids is 1. The molecular formula is C22H22O8. The van der Waals surface area contributed by atoms with Gasteiger partial charge in [0, 0.05) is 11.6 Å². The zero-order valence-corrected chi connectivity index (χ0v) is 17.0. The lowest BCUT2D eigenvalue weighted by atomic mass is 9.89. The smallest absolute Gasteiger partial charge is 0.328 e. The number of hydrogen-bond acceptors (Lipinski definition) is 7. The second-order valence-corrected chi connectivity index (χ2v) is 6.73. The summed E-state index contributed by atoms with van der Waals surface area (Å²) in [7, 11) is 4.17. The lowest BCUT2D eigenvalue weighted by Gasteiger charge is -2.18. The Balaban J connectivity index is 2.17. The number of ether oxygens (including phenoxy) is 4. The summed E-state index contributed by atoms with van der Waals surface area (Å²) in [5.74, 6) is -1.50. The first-order chi connectivity index (χ1) is 14.3. The van der Waals surface area contributed by atoms with Gasteiger partial charge in [-0.05, 0) is 47.9 Å². The van der Waals surface area contributed by atoms with E-state index >= 15 is 0 Å². The van der Waals surface area contributed by atoms with E-state index in [1.807, 2.05) is 0 Å². The van der Waals surface area contributed by atoms with E-state index in [9.17, 15) is 14.7 Å². The fourth-order valence-corrected chi connectivity index (χ4v) is 3.50. The molecule has 1 heterocycles. The van der Waals surface area contributed by atoms with Gasteiger partial charge in [-0.15, -0.1) is 0 Å². The molecule has 2 aromatic carbocycles. The van der Waals surface area contributed by atoms with Crippen molar-refractivity contribution in [1.29, 1.82) is 0 Å². The van der Waals surface area contributed by atoms with Crippen LogP contribution in [-0.2, 0) is 14.3 Å². The third-order valence-corrected chi connectivity index (χ3v) is 4.97. The van der Waals surface area contributed by atoms with Crippen LogP contribution in [0.15, 0.2) is 36.4 Å². The van der Waals surface area contributed by atoms with Crippen LogP contribution in [0.3, 0.4) is 0 Å². The number of carboxylic acid groups (broad SMARTS) is 1. The quantitative estimate of drug-likeness (QED) is 0.547. The maximum absolute atomic E-state index is 12.7. The Labute approximate surface area is 173 Å². The number of methoxy groups -OCH3 is 3. The molecule has 0 radical (unpaired) electrons. The minimum absolute atomic E-state index is 0.0410. The lowest BCUT2D eigenvalue weighted by molar-refractivity contribution is -0.144. The van der Waals surface area contributed by atoms with E-state index in [-0.39, 0.29) is 11.5 Å². The van der Waals surface area contributed by atoms with E-state index in [2.05, 4.69) is 0 Å². The Bertz CT molecular complexity index is 1020. The molecule has 8 heteroatoms. The second-order valence-electron chi connectivity index (χ2n) is 6.73. The number of carboxylic acids is 1. The largest absolute Gasteiger partial charge is 0.504 e. The normalized spacial score (nSPS) is 17.7. The molecule has 0 aromatic heterocycles. The Morgan fingerprint density at radius 1 is 1.07 bits per heavy atom. The van der Waals surface area contributed by atoms with Crippen LogP contribution in [0.5, 0.6) is 23.0 Å². The number of esters is 1. The van der Waals surface area contributed by atoms with Crippen molar-refractivity contribution in [3.05, 3.63) is 53.1 Å². The van der Waals surface area contributed by atoms with E-state index in [1.54, 1.807) is 31.2 Å². The highest BCUT2D eigenvalue weighted by atomic mass is 16.5. The van der Waals surface area contributed by atoms with Gasteiger partial charge in [0.15, 0.2) is 23.0 Å². The minimum Gasteiger partial charge on any atom is -0.504 e. The number of phenolic OH excluding ortho intramolecular Hbond substituents is 1. The fraction of sp³-hybridized carbons (Fsp3) is 0.273. The first kappa shape index (κ1) is 21.0. The Hall–Kier alpha value is -3.68. The molecule has 0 fully saturated rings. The van der Waals surface area contributed by atoms with E-state index < -0.39 is 24.0 Å². The maximum Gasteiger partial charge on any atom is 0.328 e. The summed E-state index contributed by atoms with van der Waals surface area (Å²) in [5.41, 5.74) is 2.18. The fourth-order valence-electron chi connectivity index (χ4n) is 3.50. The second kappa shape index (κ2) is 8.36. The summed E-state index contributed by atoms with van der Waals surface area (Å²) < 4.78 is 21.7. The Morgan fingerprint density at radius 3 is 2.37 bits per heavy atom. The third-order valence-electron chi connectivity index (χ3n) is 4.97. The molecule has 0 saturated carbocycles. The Kier molecular flexibility index (Phi) is 5.86. The number of aromatic hydroxyl groups is 1. The molecule has 30 heavy (non-hydrogen) atoms. The molecule has 0 spiro atoms. The van der Waals surface area contributed by atoms with Crippen molar-refractivity contribution in [2.45, 2.75) is 18.9 Å². The molecule has 0 amide bonds. The van der Waals surface area contributed by atoms with Gasteiger partial charge in [-0.25, -0.2) is 4.79 Å².